The average molecular weight is 386 g/mol. The summed E-state index contributed by atoms with van der Waals surface area (Å²) in [5, 5.41) is 0.991. The molecule has 0 aliphatic carbocycles. The third kappa shape index (κ3) is 3.27. The van der Waals surface area contributed by atoms with Gasteiger partial charge in [0.15, 0.2) is 0 Å². The Hall–Kier alpha value is -1.39. The molecule has 0 spiro atoms. The highest BCUT2D eigenvalue weighted by Crippen LogP contribution is 2.46. The molecule has 1 N–H and O–H groups in total. The van der Waals surface area contributed by atoms with Gasteiger partial charge in [-0.05, 0) is 18.2 Å². The second kappa shape index (κ2) is 5.43. The highest BCUT2D eigenvalue weighted by atomic mass is 79.9. The van der Waals surface area contributed by atoms with Gasteiger partial charge in [0.05, 0.1) is 5.69 Å². The highest BCUT2D eigenvalue weighted by molar-refractivity contribution is 9.10. The lowest BCUT2D eigenvalue weighted by Crippen LogP contribution is -2.57. The Labute approximate surface area is 120 Å². The topological polar surface area (TPSA) is 29.1 Å². The first-order valence-electron chi connectivity index (χ1n) is 4.89. The molecule has 1 rings (SSSR count). The summed E-state index contributed by atoms with van der Waals surface area (Å²) < 4.78 is 100. The number of hydrogen-bond acceptors (Lipinski definition) is 1. The first-order valence-corrected chi connectivity index (χ1v) is 5.69. The molecule has 0 radical (unpaired) electrons. The molecule has 0 aliphatic heterocycles. The molecule has 0 unspecified atom stereocenters. The molecule has 0 saturated carbocycles. The minimum atomic E-state index is -6.65. The molecule has 0 aliphatic rings. The average Bonchev–Trinajstić information content (AvgIpc) is 2.30. The molecule has 11 heteroatoms. The molecule has 118 valence electrons. The molecule has 1 amide bonds. The van der Waals surface area contributed by atoms with E-state index in [0.717, 1.165) is 11.4 Å². The number of nitrogens with one attached hydrogen (secondary N) is 1. The SMILES string of the molecule is O=C(Nc1ccc(Br)cc1F)C(F)(F)C(F)(F)C(F)(F)F. The Morgan fingerprint density at radius 2 is 1.57 bits per heavy atom. The predicted octanol–water partition coefficient (Wildman–Crippen LogP) is 4.36. The third-order valence-electron chi connectivity index (χ3n) is 2.21. The number of amides is 1. The molecular formula is C10H4BrF8NO. The Balaban J connectivity index is 3.07. The summed E-state index contributed by atoms with van der Waals surface area (Å²) in [5.41, 5.74) is -0.971. The van der Waals surface area contributed by atoms with Crippen molar-refractivity contribution in [2.75, 3.05) is 5.32 Å². The van der Waals surface area contributed by atoms with Crippen LogP contribution < -0.4 is 5.32 Å². The van der Waals surface area contributed by atoms with Gasteiger partial charge in [0, 0.05) is 4.47 Å². The summed E-state index contributed by atoms with van der Waals surface area (Å²) >= 11 is 2.79. The van der Waals surface area contributed by atoms with E-state index in [-0.39, 0.29) is 4.47 Å². The third-order valence-corrected chi connectivity index (χ3v) is 2.71. The minimum Gasteiger partial charge on any atom is -0.318 e. The molecule has 21 heavy (non-hydrogen) atoms. The van der Waals surface area contributed by atoms with Gasteiger partial charge in [0.2, 0.25) is 0 Å². The van der Waals surface area contributed by atoms with Crippen LogP contribution in [0.2, 0.25) is 0 Å². The Morgan fingerprint density at radius 3 is 2.00 bits per heavy atom. The van der Waals surface area contributed by atoms with Gasteiger partial charge >= 0.3 is 23.9 Å². The fraction of sp³-hybridized carbons (Fsp3) is 0.300. The Bertz CT molecular complexity index is 556. The quantitative estimate of drug-likeness (QED) is 0.769. The van der Waals surface area contributed by atoms with Crippen molar-refractivity contribution >= 4 is 27.5 Å². The van der Waals surface area contributed by atoms with Gasteiger partial charge in [0.25, 0.3) is 0 Å². The van der Waals surface area contributed by atoms with Crippen molar-refractivity contribution < 1.29 is 39.9 Å². The van der Waals surface area contributed by atoms with Gasteiger partial charge in [-0.25, -0.2) is 4.39 Å². The van der Waals surface area contributed by atoms with Crippen molar-refractivity contribution in [2.45, 2.75) is 18.0 Å². The smallest absolute Gasteiger partial charge is 0.318 e. The molecule has 0 bridgehead atoms. The molecule has 0 saturated heterocycles. The van der Waals surface area contributed by atoms with Crippen molar-refractivity contribution in [1.82, 2.24) is 0 Å². The van der Waals surface area contributed by atoms with Crippen LogP contribution >= 0.6 is 15.9 Å². The molecule has 0 fully saturated rings. The summed E-state index contributed by atoms with van der Waals surface area (Å²) in [4.78, 5) is 10.9. The Kier molecular flexibility index (Phi) is 4.56. The molecular weight excluding hydrogens is 382 g/mol. The summed E-state index contributed by atoms with van der Waals surface area (Å²) in [7, 11) is 0. The van der Waals surface area contributed by atoms with Gasteiger partial charge < -0.3 is 5.32 Å². The van der Waals surface area contributed by atoms with Crippen LogP contribution in [0.5, 0.6) is 0 Å². The standard InChI is InChI=1S/C10H4BrF8NO/c11-4-1-2-6(5(12)3-4)20-7(21)8(13,14)9(15,16)10(17,18)19/h1-3H,(H,20,21). The molecule has 0 aromatic heterocycles. The summed E-state index contributed by atoms with van der Waals surface area (Å²) in [5.74, 6) is -17.0. The lowest BCUT2D eigenvalue weighted by molar-refractivity contribution is -0.343. The van der Waals surface area contributed by atoms with E-state index in [9.17, 15) is 39.9 Å². The number of carbonyl (C=O) groups is 1. The van der Waals surface area contributed by atoms with Crippen LogP contribution in [0.25, 0.3) is 0 Å². The van der Waals surface area contributed by atoms with Crippen LogP contribution in [-0.2, 0) is 4.79 Å². The fourth-order valence-electron chi connectivity index (χ4n) is 1.11. The van der Waals surface area contributed by atoms with Crippen molar-refractivity contribution in [2.24, 2.45) is 0 Å². The maximum Gasteiger partial charge on any atom is 0.460 e. The van der Waals surface area contributed by atoms with E-state index in [2.05, 4.69) is 15.9 Å². The van der Waals surface area contributed by atoms with E-state index in [4.69, 9.17) is 0 Å². The van der Waals surface area contributed by atoms with E-state index >= 15 is 0 Å². The number of rotatable bonds is 3. The summed E-state index contributed by atoms with van der Waals surface area (Å²) in [6.07, 6.45) is -6.65. The monoisotopic (exact) mass is 385 g/mol. The number of benzene rings is 1. The number of anilines is 1. The van der Waals surface area contributed by atoms with E-state index in [0.29, 0.717) is 12.1 Å². The van der Waals surface area contributed by atoms with Crippen LogP contribution in [0.4, 0.5) is 40.8 Å². The maximum absolute atomic E-state index is 13.2. The Morgan fingerprint density at radius 1 is 1.05 bits per heavy atom. The number of hydrogen-bond donors (Lipinski definition) is 1. The lowest BCUT2D eigenvalue weighted by atomic mass is 10.1. The first kappa shape index (κ1) is 17.7. The number of carbonyl (C=O) groups excluding carboxylic acids is 1. The van der Waals surface area contributed by atoms with Gasteiger partial charge in [-0.1, -0.05) is 15.9 Å². The van der Waals surface area contributed by atoms with Crippen LogP contribution in [0.3, 0.4) is 0 Å². The maximum atomic E-state index is 13.2. The van der Waals surface area contributed by atoms with Crippen LogP contribution in [0, 0.1) is 5.82 Å². The summed E-state index contributed by atoms with van der Waals surface area (Å²) in [6, 6.07) is 2.45. The molecule has 0 heterocycles. The molecule has 1 aromatic carbocycles. The fourth-order valence-corrected chi connectivity index (χ4v) is 1.45. The van der Waals surface area contributed by atoms with Crippen LogP contribution in [0.15, 0.2) is 22.7 Å². The van der Waals surface area contributed by atoms with Crippen molar-refractivity contribution in [3.63, 3.8) is 0 Å². The predicted molar refractivity (Wildman–Crippen MR) is 58.7 cm³/mol. The normalized spacial score (nSPS) is 13.2. The number of halogens is 9. The van der Waals surface area contributed by atoms with E-state index < -0.39 is 35.4 Å². The minimum absolute atomic E-state index is 0.130. The van der Waals surface area contributed by atoms with Gasteiger partial charge in [-0.3, -0.25) is 4.79 Å². The second-order valence-corrected chi connectivity index (χ2v) is 4.64. The first-order chi connectivity index (χ1) is 9.30. The van der Waals surface area contributed by atoms with E-state index in [1.54, 1.807) is 0 Å². The van der Waals surface area contributed by atoms with Crippen LogP contribution in [-0.4, -0.2) is 23.9 Å². The highest BCUT2D eigenvalue weighted by Gasteiger charge is 2.76. The molecule has 0 atom stereocenters. The van der Waals surface area contributed by atoms with Gasteiger partial charge in [0.1, 0.15) is 5.82 Å². The molecule has 2 nitrogen and oxygen atoms in total. The summed E-state index contributed by atoms with van der Waals surface area (Å²) in [6.45, 7) is 0. The second-order valence-electron chi connectivity index (χ2n) is 3.72. The van der Waals surface area contributed by atoms with E-state index in [1.165, 1.54) is 0 Å². The van der Waals surface area contributed by atoms with Gasteiger partial charge in [-0.15, -0.1) is 0 Å². The zero-order valence-corrected chi connectivity index (χ0v) is 11.1. The largest absolute Gasteiger partial charge is 0.460 e. The zero-order valence-electron chi connectivity index (χ0n) is 9.54. The van der Waals surface area contributed by atoms with Gasteiger partial charge in [-0.2, -0.15) is 30.7 Å². The number of alkyl halides is 7. The zero-order chi connectivity index (χ0) is 16.6. The van der Waals surface area contributed by atoms with Crippen molar-refractivity contribution in [3.8, 4) is 0 Å². The van der Waals surface area contributed by atoms with Crippen molar-refractivity contribution in [3.05, 3.63) is 28.5 Å². The van der Waals surface area contributed by atoms with Crippen molar-refractivity contribution in [1.29, 1.82) is 0 Å². The molecule has 1 aromatic rings. The lowest BCUT2D eigenvalue weighted by Gasteiger charge is -2.27. The van der Waals surface area contributed by atoms with Crippen LogP contribution in [0.1, 0.15) is 0 Å². The van der Waals surface area contributed by atoms with E-state index in [1.807, 2.05) is 0 Å².